The monoisotopic (exact) mass is 214 g/mol. The molecule has 86 valence electrons. The van der Waals surface area contributed by atoms with E-state index >= 15 is 0 Å². The van der Waals surface area contributed by atoms with Crippen LogP contribution in [0.25, 0.3) is 0 Å². The standard InChI is InChI=1S/C16H22/c1-11-3-7-15-13(9-11)5-6-14-10-12(2)4-8-16(14)15/h3,7,9,12,14,16H,4-6,8,10H2,1-2H3. The molecule has 3 atom stereocenters. The molecule has 1 saturated carbocycles. The van der Waals surface area contributed by atoms with Gasteiger partial charge in [-0.1, -0.05) is 37.1 Å². The van der Waals surface area contributed by atoms with Gasteiger partial charge in [0.25, 0.3) is 0 Å². The number of benzene rings is 1. The van der Waals surface area contributed by atoms with Crippen molar-refractivity contribution in [2.75, 3.05) is 0 Å². The summed E-state index contributed by atoms with van der Waals surface area (Å²) in [5.41, 5.74) is 4.77. The predicted molar refractivity (Wildman–Crippen MR) is 68.7 cm³/mol. The molecule has 0 heteroatoms. The highest BCUT2D eigenvalue weighted by Crippen LogP contribution is 2.46. The summed E-state index contributed by atoms with van der Waals surface area (Å²) in [6.45, 7) is 4.65. The van der Waals surface area contributed by atoms with E-state index in [1.54, 1.807) is 11.1 Å². The molecule has 0 spiro atoms. The van der Waals surface area contributed by atoms with Crippen LogP contribution in [-0.4, -0.2) is 0 Å². The molecule has 0 N–H and O–H groups in total. The third-order valence-electron chi connectivity index (χ3n) is 4.73. The lowest BCUT2D eigenvalue weighted by Gasteiger charge is -2.39. The van der Waals surface area contributed by atoms with E-state index in [0.717, 1.165) is 17.8 Å². The normalized spacial score (nSPS) is 33.0. The van der Waals surface area contributed by atoms with Crippen molar-refractivity contribution < 1.29 is 0 Å². The van der Waals surface area contributed by atoms with Gasteiger partial charge in [0.15, 0.2) is 0 Å². The summed E-state index contributed by atoms with van der Waals surface area (Å²) in [6, 6.07) is 7.14. The molecule has 0 heterocycles. The van der Waals surface area contributed by atoms with E-state index in [1.807, 2.05) is 0 Å². The molecule has 3 rings (SSSR count). The zero-order chi connectivity index (χ0) is 11.1. The molecule has 0 amide bonds. The van der Waals surface area contributed by atoms with E-state index < -0.39 is 0 Å². The van der Waals surface area contributed by atoms with E-state index in [9.17, 15) is 0 Å². The second kappa shape index (κ2) is 3.91. The van der Waals surface area contributed by atoms with Gasteiger partial charge in [0.2, 0.25) is 0 Å². The molecular weight excluding hydrogens is 192 g/mol. The summed E-state index contributed by atoms with van der Waals surface area (Å²) in [7, 11) is 0. The van der Waals surface area contributed by atoms with Gasteiger partial charge in [-0.25, -0.2) is 0 Å². The Balaban J connectivity index is 1.94. The third-order valence-corrected chi connectivity index (χ3v) is 4.73. The Morgan fingerprint density at radius 3 is 2.88 bits per heavy atom. The van der Waals surface area contributed by atoms with Gasteiger partial charge in [-0.2, -0.15) is 0 Å². The lowest BCUT2D eigenvalue weighted by molar-refractivity contribution is 0.221. The van der Waals surface area contributed by atoms with Crippen LogP contribution < -0.4 is 0 Å². The Morgan fingerprint density at radius 2 is 2.00 bits per heavy atom. The van der Waals surface area contributed by atoms with E-state index in [-0.39, 0.29) is 0 Å². The Labute approximate surface area is 99.1 Å². The Bertz CT molecular complexity index is 391. The molecule has 1 aromatic carbocycles. The summed E-state index contributed by atoms with van der Waals surface area (Å²) >= 11 is 0. The summed E-state index contributed by atoms with van der Waals surface area (Å²) in [4.78, 5) is 0. The van der Waals surface area contributed by atoms with Crippen molar-refractivity contribution in [1.82, 2.24) is 0 Å². The Hall–Kier alpha value is -0.780. The van der Waals surface area contributed by atoms with Crippen LogP contribution in [0.5, 0.6) is 0 Å². The highest BCUT2D eigenvalue weighted by atomic mass is 14.4. The van der Waals surface area contributed by atoms with Crippen molar-refractivity contribution in [3.63, 3.8) is 0 Å². The van der Waals surface area contributed by atoms with Gasteiger partial charge in [-0.3, -0.25) is 0 Å². The largest absolute Gasteiger partial charge is 0.0625 e. The van der Waals surface area contributed by atoms with Crippen molar-refractivity contribution in [3.8, 4) is 0 Å². The summed E-state index contributed by atoms with van der Waals surface area (Å²) in [5.74, 6) is 2.84. The summed E-state index contributed by atoms with van der Waals surface area (Å²) in [5, 5.41) is 0. The van der Waals surface area contributed by atoms with Crippen molar-refractivity contribution in [2.45, 2.75) is 51.9 Å². The molecule has 2 aliphatic rings. The van der Waals surface area contributed by atoms with Crippen LogP contribution in [-0.2, 0) is 6.42 Å². The summed E-state index contributed by atoms with van der Waals surface area (Å²) in [6.07, 6.45) is 7.10. The molecule has 0 bridgehead atoms. The van der Waals surface area contributed by atoms with Crippen LogP contribution in [0.2, 0.25) is 0 Å². The van der Waals surface area contributed by atoms with Gasteiger partial charge in [0, 0.05) is 0 Å². The minimum Gasteiger partial charge on any atom is -0.0625 e. The van der Waals surface area contributed by atoms with E-state index in [0.29, 0.717) is 0 Å². The van der Waals surface area contributed by atoms with Crippen molar-refractivity contribution in [1.29, 1.82) is 0 Å². The second-order valence-corrected chi connectivity index (χ2v) is 6.03. The van der Waals surface area contributed by atoms with Crippen molar-refractivity contribution in [2.24, 2.45) is 11.8 Å². The van der Waals surface area contributed by atoms with Crippen molar-refractivity contribution in [3.05, 3.63) is 34.9 Å². The fourth-order valence-corrected chi connectivity index (χ4v) is 3.88. The SMILES string of the molecule is Cc1ccc2c(c1)CCC1CC(C)CCC21. The van der Waals surface area contributed by atoms with Crippen LogP contribution in [0.3, 0.4) is 0 Å². The Morgan fingerprint density at radius 1 is 1.12 bits per heavy atom. The minimum atomic E-state index is 0.889. The molecule has 0 saturated heterocycles. The number of fused-ring (bicyclic) bond motifs is 3. The van der Waals surface area contributed by atoms with Crippen LogP contribution in [0.1, 0.15) is 55.2 Å². The van der Waals surface area contributed by atoms with Crippen LogP contribution in [0.15, 0.2) is 18.2 Å². The van der Waals surface area contributed by atoms with Crippen LogP contribution in [0.4, 0.5) is 0 Å². The molecule has 0 nitrogen and oxygen atoms in total. The molecular formula is C16H22. The number of aryl methyl sites for hydroxylation is 2. The zero-order valence-corrected chi connectivity index (χ0v) is 10.5. The fraction of sp³-hybridized carbons (Fsp3) is 0.625. The lowest BCUT2D eigenvalue weighted by Crippen LogP contribution is -2.27. The average Bonchev–Trinajstić information content (AvgIpc) is 2.28. The minimum absolute atomic E-state index is 0.889. The molecule has 1 fully saturated rings. The Kier molecular flexibility index (Phi) is 2.53. The topological polar surface area (TPSA) is 0 Å². The quantitative estimate of drug-likeness (QED) is 0.598. The molecule has 0 aliphatic heterocycles. The number of hydrogen-bond acceptors (Lipinski definition) is 0. The second-order valence-electron chi connectivity index (χ2n) is 6.03. The molecule has 0 aromatic heterocycles. The first kappa shape index (κ1) is 10.4. The van der Waals surface area contributed by atoms with E-state index in [2.05, 4.69) is 32.0 Å². The van der Waals surface area contributed by atoms with Gasteiger partial charge >= 0.3 is 0 Å². The zero-order valence-electron chi connectivity index (χ0n) is 10.5. The molecule has 1 aromatic rings. The molecule has 0 radical (unpaired) electrons. The molecule has 3 unspecified atom stereocenters. The summed E-state index contributed by atoms with van der Waals surface area (Å²) < 4.78 is 0. The maximum atomic E-state index is 2.43. The molecule has 2 aliphatic carbocycles. The predicted octanol–water partition coefficient (Wildman–Crippen LogP) is 4.46. The first-order valence-corrected chi connectivity index (χ1v) is 6.83. The maximum Gasteiger partial charge on any atom is -0.0131 e. The fourth-order valence-electron chi connectivity index (χ4n) is 3.88. The third kappa shape index (κ3) is 1.69. The smallest absolute Gasteiger partial charge is 0.0131 e. The maximum absolute atomic E-state index is 2.43. The van der Waals surface area contributed by atoms with Gasteiger partial charge in [0.1, 0.15) is 0 Å². The van der Waals surface area contributed by atoms with E-state index in [4.69, 9.17) is 0 Å². The molecule has 16 heavy (non-hydrogen) atoms. The van der Waals surface area contributed by atoms with Gasteiger partial charge in [-0.15, -0.1) is 0 Å². The highest BCUT2D eigenvalue weighted by Gasteiger charge is 2.33. The van der Waals surface area contributed by atoms with Crippen LogP contribution >= 0.6 is 0 Å². The number of hydrogen-bond donors (Lipinski definition) is 0. The lowest BCUT2D eigenvalue weighted by atomic mass is 9.65. The highest BCUT2D eigenvalue weighted by molar-refractivity contribution is 5.37. The first-order chi connectivity index (χ1) is 7.74. The number of rotatable bonds is 0. The van der Waals surface area contributed by atoms with Crippen LogP contribution in [0, 0.1) is 18.8 Å². The van der Waals surface area contributed by atoms with Gasteiger partial charge in [-0.05, 0) is 61.5 Å². The van der Waals surface area contributed by atoms with Crippen molar-refractivity contribution >= 4 is 0 Å². The van der Waals surface area contributed by atoms with Gasteiger partial charge < -0.3 is 0 Å². The van der Waals surface area contributed by atoms with E-state index in [1.165, 1.54) is 37.7 Å². The first-order valence-electron chi connectivity index (χ1n) is 6.83. The average molecular weight is 214 g/mol. The van der Waals surface area contributed by atoms with Gasteiger partial charge in [0.05, 0.1) is 0 Å².